The van der Waals surface area contributed by atoms with Crippen molar-refractivity contribution in [1.29, 1.82) is 0 Å². The van der Waals surface area contributed by atoms with Crippen LogP contribution in [-0.2, 0) is 28.1 Å². The molecule has 0 bridgehead atoms. The van der Waals surface area contributed by atoms with E-state index in [0.717, 1.165) is 44.4 Å². The second kappa shape index (κ2) is 14.3. The molecule has 0 radical (unpaired) electrons. The number of nitrogens with zero attached hydrogens (tertiary/aromatic N) is 4. The normalized spacial score (nSPS) is 11.6. The average Bonchev–Trinajstić information content (AvgIpc) is 3.89. The number of rotatable bonds is 8. The predicted octanol–water partition coefficient (Wildman–Crippen LogP) is 11.3. The predicted molar refractivity (Wildman–Crippen MR) is 211 cm³/mol. The maximum Gasteiger partial charge on any atom is 0.241 e. The summed E-state index contributed by atoms with van der Waals surface area (Å²) in [6.07, 6.45) is 7.16. The van der Waals surface area contributed by atoms with Crippen molar-refractivity contribution in [3.05, 3.63) is 157 Å². The van der Waals surface area contributed by atoms with E-state index in [0.29, 0.717) is 17.2 Å². The van der Waals surface area contributed by atoms with Crippen molar-refractivity contribution >= 4 is 33.0 Å². The zero-order valence-electron chi connectivity index (χ0n) is 30.7. The molecule has 0 saturated heterocycles. The maximum atomic E-state index is 6.62. The van der Waals surface area contributed by atoms with Gasteiger partial charge in [0.05, 0.1) is 23.9 Å². The van der Waals surface area contributed by atoms with Crippen LogP contribution in [-0.4, -0.2) is 14.1 Å². The molecule has 0 spiro atoms. The Morgan fingerprint density at radius 3 is 2.19 bits per heavy atom. The van der Waals surface area contributed by atoms with Crippen LogP contribution in [0.2, 0.25) is 0 Å². The van der Waals surface area contributed by atoms with Crippen LogP contribution in [0.3, 0.4) is 0 Å². The van der Waals surface area contributed by atoms with E-state index in [4.69, 9.17) is 14.1 Å². The SMILES string of the molecule is CC(C)c1cc(-c2ccccc2)cc(C(C)C)c1-n1c(-c2[c-]c(Oc3[c-]c(-[n+]4[c-]n(C)cc4)c4oc5ccccc5c4c3)ccc2)nc2ccccc21.[Pt]. The maximum absolute atomic E-state index is 6.62. The number of benzene rings is 6. The summed E-state index contributed by atoms with van der Waals surface area (Å²) in [5.74, 6) is 2.44. The third-order valence-electron chi connectivity index (χ3n) is 9.85. The van der Waals surface area contributed by atoms with Crippen LogP contribution in [0.1, 0.15) is 50.7 Å². The number of imidazole rings is 2. The molecule has 0 saturated carbocycles. The summed E-state index contributed by atoms with van der Waals surface area (Å²) in [6.45, 7) is 9.08. The Morgan fingerprint density at radius 2 is 1.44 bits per heavy atom. The number of hydrogen-bond donors (Lipinski definition) is 0. The molecule has 3 heterocycles. The number of ether oxygens (including phenoxy) is 1. The van der Waals surface area contributed by atoms with Crippen molar-refractivity contribution in [3.63, 3.8) is 0 Å². The molecule has 6 aromatic carbocycles. The molecule has 0 amide bonds. The molecule has 0 unspecified atom stereocenters. The third kappa shape index (κ3) is 6.25. The Kier molecular flexibility index (Phi) is 9.33. The van der Waals surface area contributed by atoms with E-state index in [-0.39, 0.29) is 32.9 Å². The Labute approximate surface area is 329 Å². The summed E-state index contributed by atoms with van der Waals surface area (Å²) >= 11 is 0. The van der Waals surface area contributed by atoms with E-state index in [9.17, 15) is 0 Å². The van der Waals surface area contributed by atoms with E-state index >= 15 is 0 Å². The molecule has 0 aliphatic heterocycles. The third-order valence-corrected chi connectivity index (χ3v) is 9.85. The molecule has 0 atom stereocenters. The average molecular weight is 886 g/mol. The standard InChI is InChI=1S/C47H38N4O2.Pt/c1-30(2)38-25-34(32-14-7-6-8-15-32)26-39(31(3)4)45(38)51-42-20-11-10-19-41(42)48-47(51)33-16-13-17-35(24-33)52-36-27-40-37-18-9-12-21-44(37)53-46(40)43(28-36)50-23-22-49(5)29-50;/h6-23,25-27,30-31H,1-5H3;/q-2;. The summed E-state index contributed by atoms with van der Waals surface area (Å²) in [4.78, 5) is 5.26. The van der Waals surface area contributed by atoms with Crippen molar-refractivity contribution in [3.8, 4) is 45.4 Å². The van der Waals surface area contributed by atoms with Crippen molar-refractivity contribution in [1.82, 2.24) is 14.1 Å². The van der Waals surface area contributed by atoms with Gasteiger partial charge in [0.15, 0.2) is 0 Å². The van der Waals surface area contributed by atoms with Gasteiger partial charge in [0, 0.05) is 61.6 Å². The first-order valence-corrected chi connectivity index (χ1v) is 18.1. The molecule has 0 N–H and O–H groups in total. The molecular formula is C47H38N4O2Pt-2. The largest absolute Gasteiger partial charge is 0.521 e. The topological polar surface area (TPSA) is 49.0 Å². The van der Waals surface area contributed by atoms with Crippen LogP contribution < -0.4 is 9.30 Å². The quantitative estimate of drug-likeness (QED) is 0.113. The van der Waals surface area contributed by atoms with Gasteiger partial charge in [-0.15, -0.1) is 35.9 Å². The molecule has 6 nitrogen and oxygen atoms in total. The first-order chi connectivity index (χ1) is 25.8. The summed E-state index contributed by atoms with van der Waals surface area (Å²) < 4.78 is 19.0. The number of para-hydroxylation sites is 3. The van der Waals surface area contributed by atoms with Crippen molar-refractivity contribution in [2.45, 2.75) is 39.5 Å². The van der Waals surface area contributed by atoms with Crippen LogP contribution in [0.4, 0.5) is 0 Å². The van der Waals surface area contributed by atoms with Gasteiger partial charge < -0.3 is 22.9 Å². The Balaban J connectivity index is 0.00000413. The molecule has 54 heavy (non-hydrogen) atoms. The van der Waals surface area contributed by atoms with Gasteiger partial charge >= 0.3 is 0 Å². The van der Waals surface area contributed by atoms with E-state index in [1.807, 2.05) is 71.0 Å². The van der Waals surface area contributed by atoms with Gasteiger partial charge in [-0.25, -0.2) is 0 Å². The van der Waals surface area contributed by atoms with Gasteiger partial charge in [0.2, 0.25) is 6.33 Å². The molecule has 9 aromatic rings. The molecule has 3 aromatic heterocycles. The van der Waals surface area contributed by atoms with Crippen LogP contribution in [0.5, 0.6) is 11.5 Å². The van der Waals surface area contributed by atoms with Gasteiger partial charge in [0.1, 0.15) is 5.58 Å². The second-order valence-corrected chi connectivity index (χ2v) is 14.2. The van der Waals surface area contributed by atoms with Crippen LogP contribution in [0.25, 0.3) is 66.9 Å². The zero-order valence-corrected chi connectivity index (χ0v) is 33.0. The fraction of sp³-hybridized carbons (Fsp3) is 0.149. The van der Waals surface area contributed by atoms with E-state index in [2.05, 4.69) is 124 Å². The number of fused-ring (bicyclic) bond motifs is 4. The summed E-state index contributed by atoms with van der Waals surface area (Å²) in [6, 6.07) is 46.8. The van der Waals surface area contributed by atoms with Crippen molar-refractivity contribution < 1.29 is 34.8 Å². The molecule has 0 aliphatic carbocycles. The van der Waals surface area contributed by atoms with Gasteiger partial charge in [-0.1, -0.05) is 99.8 Å². The monoisotopic (exact) mass is 885 g/mol. The minimum atomic E-state index is 0. The second-order valence-electron chi connectivity index (χ2n) is 14.2. The van der Waals surface area contributed by atoms with Crippen molar-refractivity contribution in [2.75, 3.05) is 0 Å². The number of furan rings is 1. The molecule has 7 heteroatoms. The van der Waals surface area contributed by atoms with Crippen LogP contribution in [0, 0.1) is 18.5 Å². The Morgan fingerprint density at radius 1 is 0.722 bits per heavy atom. The van der Waals surface area contributed by atoms with Gasteiger partial charge in [-0.3, -0.25) is 4.98 Å². The molecule has 0 fully saturated rings. The number of aryl methyl sites for hydroxylation is 1. The Bertz CT molecular complexity index is 2760. The number of hydrogen-bond acceptors (Lipinski definition) is 3. The minimum Gasteiger partial charge on any atom is -0.521 e. The fourth-order valence-electron chi connectivity index (χ4n) is 7.28. The molecule has 0 aliphatic rings. The molecular weight excluding hydrogens is 848 g/mol. The van der Waals surface area contributed by atoms with E-state index < -0.39 is 0 Å². The van der Waals surface area contributed by atoms with E-state index in [1.165, 1.54) is 27.9 Å². The van der Waals surface area contributed by atoms with E-state index in [1.54, 1.807) is 0 Å². The van der Waals surface area contributed by atoms with Crippen molar-refractivity contribution in [2.24, 2.45) is 7.05 Å². The summed E-state index contributed by atoms with van der Waals surface area (Å²) in [5, 5.41) is 1.94. The minimum absolute atomic E-state index is 0. The van der Waals surface area contributed by atoms with Gasteiger partial charge in [-0.05, 0) is 70.1 Å². The van der Waals surface area contributed by atoms with Crippen LogP contribution in [0.15, 0.2) is 132 Å². The first kappa shape index (κ1) is 35.3. The van der Waals surface area contributed by atoms with Gasteiger partial charge in [0.25, 0.3) is 0 Å². The van der Waals surface area contributed by atoms with Crippen LogP contribution >= 0.6 is 0 Å². The molecule has 270 valence electrons. The fourth-order valence-corrected chi connectivity index (χ4v) is 7.28. The number of aromatic nitrogens is 4. The smallest absolute Gasteiger partial charge is 0.241 e. The zero-order chi connectivity index (χ0) is 36.2. The van der Waals surface area contributed by atoms with Gasteiger partial charge in [-0.2, -0.15) is 0 Å². The summed E-state index contributed by atoms with van der Waals surface area (Å²) in [5.41, 5.74) is 11.2. The Hall–Kier alpha value is -5.71. The first-order valence-electron chi connectivity index (χ1n) is 18.1. The summed E-state index contributed by atoms with van der Waals surface area (Å²) in [7, 11) is 1.94. The molecule has 9 rings (SSSR count).